The Hall–Kier alpha value is -1.39. The number of carbonyl (C=O) groups excluding carboxylic acids is 1. The molecule has 0 bridgehead atoms. The summed E-state index contributed by atoms with van der Waals surface area (Å²) in [4.78, 5) is 16.5. The van der Waals surface area contributed by atoms with Crippen molar-refractivity contribution in [2.45, 2.75) is 70.8 Å². The van der Waals surface area contributed by atoms with E-state index in [-0.39, 0.29) is 22.7 Å². The molecule has 1 saturated carbocycles. The van der Waals surface area contributed by atoms with Crippen molar-refractivity contribution in [3.8, 4) is 0 Å². The Bertz CT molecular complexity index is 452. The number of H-pyrrole nitrogens is 1. The van der Waals surface area contributed by atoms with E-state index in [1.165, 1.54) is 19.3 Å². The minimum absolute atomic E-state index is 0.0993. The number of hydrogen-bond donors (Lipinski definition) is 2. The molecule has 1 heterocycles. The summed E-state index contributed by atoms with van der Waals surface area (Å²) < 4.78 is 0. The van der Waals surface area contributed by atoms with E-state index in [4.69, 9.17) is 0 Å². The van der Waals surface area contributed by atoms with Gasteiger partial charge in [0.2, 0.25) is 5.82 Å². The van der Waals surface area contributed by atoms with Crippen molar-refractivity contribution in [1.29, 1.82) is 0 Å². The maximum Gasteiger partial charge on any atom is 0.291 e. The zero-order valence-corrected chi connectivity index (χ0v) is 12.3. The van der Waals surface area contributed by atoms with Crippen molar-refractivity contribution < 1.29 is 4.79 Å². The lowest BCUT2D eigenvalue weighted by molar-refractivity contribution is 0.0872. The number of amides is 1. The number of hydrogen-bond acceptors (Lipinski definition) is 3. The summed E-state index contributed by atoms with van der Waals surface area (Å²) in [5.41, 5.74) is -0.224. The van der Waals surface area contributed by atoms with Crippen LogP contribution >= 0.6 is 0 Å². The molecule has 106 valence electrons. The molecule has 1 aromatic heterocycles. The predicted molar refractivity (Wildman–Crippen MR) is 74.0 cm³/mol. The van der Waals surface area contributed by atoms with Crippen LogP contribution in [-0.2, 0) is 5.41 Å². The highest BCUT2D eigenvalue weighted by molar-refractivity contribution is 5.90. The smallest absolute Gasteiger partial charge is 0.291 e. The summed E-state index contributed by atoms with van der Waals surface area (Å²) in [6.45, 7) is 8.23. The van der Waals surface area contributed by atoms with Crippen LogP contribution in [0, 0.1) is 0 Å². The largest absolute Gasteiger partial charge is 0.344 e. The van der Waals surface area contributed by atoms with Gasteiger partial charge in [-0.15, -0.1) is 5.10 Å². The van der Waals surface area contributed by atoms with Gasteiger partial charge in [-0.25, -0.2) is 4.98 Å². The third-order valence-electron chi connectivity index (χ3n) is 3.77. The monoisotopic (exact) mass is 264 g/mol. The number of aromatic nitrogens is 3. The Morgan fingerprint density at radius 3 is 2.42 bits per heavy atom. The molecule has 0 atom stereocenters. The first-order valence-electron chi connectivity index (χ1n) is 7.06. The van der Waals surface area contributed by atoms with E-state index in [1.807, 2.05) is 20.8 Å². The van der Waals surface area contributed by atoms with E-state index in [1.54, 1.807) is 0 Å². The molecule has 0 aliphatic heterocycles. The van der Waals surface area contributed by atoms with Crippen molar-refractivity contribution in [2.75, 3.05) is 0 Å². The number of rotatable bonds is 2. The Kier molecular flexibility index (Phi) is 3.65. The fourth-order valence-corrected chi connectivity index (χ4v) is 2.49. The lowest BCUT2D eigenvalue weighted by Crippen LogP contribution is -2.47. The maximum atomic E-state index is 12.2. The molecule has 0 unspecified atom stereocenters. The second-order valence-corrected chi connectivity index (χ2v) is 6.83. The van der Waals surface area contributed by atoms with Crippen molar-refractivity contribution in [3.05, 3.63) is 11.6 Å². The van der Waals surface area contributed by atoms with E-state index < -0.39 is 0 Å². The van der Waals surface area contributed by atoms with Crippen molar-refractivity contribution in [2.24, 2.45) is 0 Å². The van der Waals surface area contributed by atoms with Crippen LogP contribution in [0.3, 0.4) is 0 Å². The van der Waals surface area contributed by atoms with Gasteiger partial charge in [-0.05, 0) is 19.8 Å². The lowest BCUT2D eigenvalue weighted by Gasteiger charge is -2.34. The van der Waals surface area contributed by atoms with Crippen LogP contribution in [0.15, 0.2) is 0 Å². The van der Waals surface area contributed by atoms with Gasteiger partial charge in [-0.2, -0.15) is 0 Å². The topological polar surface area (TPSA) is 70.7 Å². The van der Waals surface area contributed by atoms with E-state index in [0.29, 0.717) is 0 Å². The van der Waals surface area contributed by atoms with Crippen molar-refractivity contribution >= 4 is 5.91 Å². The second-order valence-electron chi connectivity index (χ2n) is 6.83. The maximum absolute atomic E-state index is 12.2. The minimum atomic E-state index is -0.170. The summed E-state index contributed by atoms with van der Waals surface area (Å²) in [5, 5.41) is 9.98. The average Bonchev–Trinajstić information content (AvgIpc) is 2.78. The highest BCUT2D eigenvalue weighted by Crippen LogP contribution is 2.27. The zero-order chi connectivity index (χ0) is 14.1. The first-order chi connectivity index (χ1) is 8.80. The van der Waals surface area contributed by atoms with E-state index in [0.717, 1.165) is 18.7 Å². The van der Waals surface area contributed by atoms with Crippen LogP contribution in [0.5, 0.6) is 0 Å². The molecule has 5 heteroatoms. The van der Waals surface area contributed by atoms with Gasteiger partial charge in [-0.3, -0.25) is 9.89 Å². The normalized spacial score (nSPS) is 19.2. The van der Waals surface area contributed by atoms with Crippen LogP contribution in [0.2, 0.25) is 0 Å². The van der Waals surface area contributed by atoms with Gasteiger partial charge in [-0.1, -0.05) is 40.0 Å². The summed E-state index contributed by atoms with van der Waals surface area (Å²) >= 11 is 0. The summed E-state index contributed by atoms with van der Waals surface area (Å²) in [5.74, 6) is 0.819. The van der Waals surface area contributed by atoms with Gasteiger partial charge >= 0.3 is 0 Å². The predicted octanol–water partition coefficient (Wildman–Crippen LogP) is 2.55. The van der Waals surface area contributed by atoms with Gasteiger partial charge in [0, 0.05) is 11.0 Å². The lowest BCUT2D eigenvalue weighted by atomic mass is 9.83. The molecule has 1 aromatic rings. The van der Waals surface area contributed by atoms with Gasteiger partial charge in [0.05, 0.1) is 0 Å². The molecule has 1 aliphatic rings. The Balaban J connectivity index is 2.05. The molecule has 0 spiro atoms. The van der Waals surface area contributed by atoms with E-state index in [2.05, 4.69) is 27.4 Å². The molecule has 0 aromatic carbocycles. The quantitative estimate of drug-likeness (QED) is 0.862. The fourth-order valence-electron chi connectivity index (χ4n) is 2.49. The van der Waals surface area contributed by atoms with Crippen LogP contribution in [0.1, 0.15) is 76.2 Å². The van der Waals surface area contributed by atoms with E-state index >= 15 is 0 Å². The molecule has 19 heavy (non-hydrogen) atoms. The number of nitrogens with one attached hydrogen (secondary N) is 2. The van der Waals surface area contributed by atoms with Gasteiger partial charge < -0.3 is 5.32 Å². The molecule has 2 N–H and O–H groups in total. The third kappa shape index (κ3) is 3.33. The van der Waals surface area contributed by atoms with E-state index in [9.17, 15) is 4.79 Å². The fraction of sp³-hybridized carbons (Fsp3) is 0.786. The highest BCUT2D eigenvalue weighted by Gasteiger charge is 2.30. The molecule has 1 fully saturated rings. The second kappa shape index (κ2) is 4.94. The molecule has 1 amide bonds. The summed E-state index contributed by atoms with van der Waals surface area (Å²) in [7, 11) is 0. The standard InChI is InChI=1S/C14H24N4O/c1-13(2,3)12-15-10(17-18-12)11(19)16-14(4)8-6-5-7-9-14/h5-9H2,1-4H3,(H,16,19)(H,15,17,18). The molecule has 2 rings (SSSR count). The molecule has 0 saturated heterocycles. The molecule has 1 aliphatic carbocycles. The van der Waals surface area contributed by atoms with Gasteiger partial charge in [0.1, 0.15) is 5.82 Å². The van der Waals surface area contributed by atoms with Gasteiger partial charge in [0.25, 0.3) is 5.91 Å². The van der Waals surface area contributed by atoms with Gasteiger partial charge in [0.15, 0.2) is 0 Å². The molecular formula is C14H24N4O. The Morgan fingerprint density at radius 2 is 1.89 bits per heavy atom. The van der Waals surface area contributed by atoms with Crippen molar-refractivity contribution in [3.63, 3.8) is 0 Å². The average molecular weight is 264 g/mol. The first-order valence-corrected chi connectivity index (χ1v) is 7.06. The zero-order valence-electron chi connectivity index (χ0n) is 12.3. The Morgan fingerprint density at radius 1 is 1.26 bits per heavy atom. The number of nitrogens with zero attached hydrogens (tertiary/aromatic N) is 2. The van der Waals surface area contributed by atoms with Crippen molar-refractivity contribution in [1.82, 2.24) is 20.5 Å². The summed E-state index contributed by atoms with van der Waals surface area (Å²) in [6.07, 6.45) is 5.70. The first kappa shape index (κ1) is 14.0. The number of carbonyl (C=O) groups is 1. The molecule has 5 nitrogen and oxygen atoms in total. The molecule has 0 radical (unpaired) electrons. The minimum Gasteiger partial charge on any atom is -0.344 e. The highest BCUT2D eigenvalue weighted by atomic mass is 16.2. The Labute approximate surface area is 114 Å². The number of aromatic amines is 1. The van der Waals surface area contributed by atoms with Crippen LogP contribution in [0.25, 0.3) is 0 Å². The van der Waals surface area contributed by atoms with Crippen LogP contribution in [0.4, 0.5) is 0 Å². The van der Waals surface area contributed by atoms with Crippen LogP contribution < -0.4 is 5.32 Å². The third-order valence-corrected chi connectivity index (χ3v) is 3.77. The molecular weight excluding hydrogens is 240 g/mol. The van der Waals surface area contributed by atoms with Crippen LogP contribution in [-0.4, -0.2) is 26.6 Å². The summed E-state index contributed by atoms with van der Waals surface area (Å²) in [6, 6.07) is 0. The SMILES string of the molecule is CC1(NC(=O)c2n[nH]c(C(C)(C)C)n2)CCCCC1.